The summed E-state index contributed by atoms with van der Waals surface area (Å²) >= 11 is 1.19. The van der Waals surface area contributed by atoms with Gasteiger partial charge in [0.2, 0.25) is 5.13 Å². The van der Waals surface area contributed by atoms with Crippen molar-refractivity contribution in [2.24, 2.45) is 0 Å². The molecule has 0 unspecified atom stereocenters. The van der Waals surface area contributed by atoms with Crippen LogP contribution in [0.25, 0.3) is 0 Å². The van der Waals surface area contributed by atoms with Crippen molar-refractivity contribution < 1.29 is 17.9 Å². The number of aryl methyl sites for hydroxylation is 1. The number of carbonyl (C=O) groups is 1. The summed E-state index contributed by atoms with van der Waals surface area (Å²) in [6.45, 7) is 1.92. The molecule has 2 N–H and O–H groups in total. The molecular formula is C23H20N4O4S2. The van der Waals surface area contributed by atoms with Gasteiger partial charge in [0.15, 0.2) is 0 Å². The van der Waals surface area contributed by atoms with Crippen LogP contribution in [0, 0.1) is 0 Å². The lowest BCUT2D eigenvalue weighted by Gasteiger charge is -2.09. The number of anilines is 2. The molecule has 0 bridgehead atoms. The second kappa shape index (κ2) is 9.80. The number of ether oxygens (including phenoxy) is 1. The highest BCUT2D eigenvalue weighted by molar-refractivity contribution is 7.93. The maximum absolute atomic E-state index is 12.5. The first-order chi connectivity index (χ1) is 15.9. The smallest absolute Gasteiger partial charge is 0.263 e. The molecular weight excluding hydrogens is 460 g/mol. The molecule has 0 saturated carbocycles. The number of rotatable bonds is 8. The number of nitrogens with zero attached hydrogens (tertiary/aromatic N) is 2. The second-order valence-electron chi connectivity index (χ2n) is 6.88. The van der Waals surface area contributed by atoms with Gasteiger partial charge in [0, 0.05) is 11.3 Å². The highest BCUT2D eigenvalue weighted by atomic mass is 32.2. The number of benzene rings is 3. The third kappa shape index (κ3) is 5.73. The lowest BCUT2D eigenvalue weighted by molar-refractivity contribution is 0.102. The van der Waals surface area contributed by atoms with E-state index in [9.17, 15) is 13.2 Å². The largest absolute Gasteiger partial charge is 0.457 e. The van der Waals surface area contributed by atoms with Gasteiger partial charge in [0.05, 0.1) is 4.90 Å². The van der Waals surface area contributed by atoms with E-state index in [-0.39, 0.29) is 15.9 Å². The van der Waals surface area contributed by atoms with Crippen LogP contribution in [0.4, 0.5) is 10.8 Å². The quantitative estimate of drug-likeness (QED) is 0.369. The molecule has 10 heteroatoms. The highest BCUT2D eigenvalue weighted by Gasteiger charge is 2.17. The van der Waals surface area contributed by atoms with E-state index in [0.717, 1.165) is 5.01 Å². The van der Waals surface area contributed by atoms with Gasteiger partial charge >= 0.3 is 0 Å². The molecule has 4 rings (SSSR count). The number of aromatic nitrogens is 2. The Bertz CT molecular complexity index is 1340. The van der Waals surface area contributed by atoms with Crippen LogP contribution in [0.5, 0.6) is 11.5 Å². The molecule has 0 fully saturated rings. The molecule has 1 heterocycles. The molecule has 1 aromatic heterocycles. The third-order valence-electron chi connectivity index (χ3n) is 4.51. The van der Waals surface area contributed by atoms with Gasteiger partial charge in [0.25, 0.3) is 15.9 Å². The van der Waals surface area contributed by atoms with Gasteiger partial charge in [-0.2, -0.15) is 0 Å². The second-order valence-corrected chi connectivity index (χ2v) is 9.62. The zero-order chi connectivity index (χ0) is 23.3. The Morgan fingerprint density at radius 1 is 0.909 bits per heavy atom. The van der Waals surface area contributed by atoms with Gasteiger partial charge < -0.3 is 10.1 Å². The molecule has 0 radical (unpaired) electrons. The fraction of sp³-hybridized carbons (Fsp3) is 0.0870. The summed E-state index contributed by atoms with van der Waals surface area (Å²) in [4.78, 5) is 12.6. The fourth-order valence-electron chi connectivity index (χ4n) is 2.83. The van der Waals surface area contributed by atoms with Crippen LogP contribution in [-0.2, 0) is 16.4 Å². The summed E-state index contributed by atoms with van der Waals surface area (Å²) in [5.74, 6) is 0.994. The summed E-state index contributed by atoms with van der Waals surface area (Å²) in [6.07, 6.45) is 0.677. The normalized spacial score (nSPS) is 11.1. The predicted octanol–water partition coefficient (Wildman–Crippen LogP) is 4.95. The van der Waals surface area contributed by atoms with Crippen LogP contribution in [0.1, 0.15) is 22.3 Å². The SMILES string of the molecule is CCc1nnc(NS(=O)(=O)c2ccc(NC(=O)c3ccc(Oc4ccccc4)cc3)cc2)s1. The molecule has 0 aliphatic heterocycles. The van der Waals surface area contributed by atoms with Gasteiger partial charge in [-0.25, -0.2) is 8.42 Å². The average Bonchev–Trinajstić information content (AvgIpc) is 3.27. The summed E-state index contributed by atoms with van der Waals surface area (Å²) in [6, 6.07) is 21.9. The van der Waals surface area contributed by atoms with Gasteiger partial charge in [-0.15, -0.1) is 10.2 Å². The molecule has 0 spiro atoms. The molecule has 0 aliphatic carbocycles. The Balaban J connectivity index is 1.38. The molecule has 168 valence electrons. The van der Waals surface area contributed by atoms with E-state index in [4.69, 9.17) is 4.74 Å². The first-order valence-corrected chi connectivity index (χ1v) is 12.3. The van der Waals surface area contributed by atoms with E-state index < -0.39 is 10.0 Å². The Labute approximate surface area is 195 Å². The van der Waals surface area contributed by atoms with Gasteiger partial charge in [-0.05, 0) is 67.1 Å². The number of hydrogen-bond acceptors (Lipinski definition) is 7. The summed E-state index contributed by atoms with van der Waals surface area (Å²) in [5.41, 5.74) is 0.907. The van der Waals surface area contributed by atoms with E-state index >= 15 is 0 Å². The Morgan fingerprint density at radius 2 is 1.58 bits per heavy atom. The van der Waals surface area contributed by atoms with E-state index in [0.29, 0.717) is 29.2 Å². The van der Waals surface area contributed by atoms with Crippen molar-refractivity contribution in [3.05, 3.63) is 89.4 Å². The number of carbonyl (C=O) groups excluding carboxylic acids is 1. The first kappa shape index (κ1) is 22.4. The predicted molar refractivity (Wildman–Crippen MR) is 127 cm³/mol. The zero-order valence-electron chi connectivity index (χ0n) is 17.6. The third-order valence-corrected chi connectivity index (χ3v) is 6.98. The minimum Gasteiger partial charge on any atom is -0.457 e. The van der Waals surface area contributed by atoms with Crippen LogP contribution in [0.3, 0.4) is 0 Å². The Morgan fingerprint density at radius 3 is 2.21 bits per heavy atom. The van der Waals surface area contributed by atoms with Gasteiger partial charge in [-0.1, -0.05) is 36.5 Å². The molecule has 33 heavy (non-hydrogen) atoms. The minimum atomic E-state index is -3.80. The molecule has 1 amide bonds. The van der Waals surface area contributed by atoms with Crippen molar-refractivity contribution >= 4 is 38.1 Å². The Hall–Kier alpha value is -3.76. The zero-order valence-corrected chi connectivity index (χ0v) is 19.2. The summed E-state index contributed by atoms with van der Waals surface area (Å²) in [7, 11) is -3.80. The molecule has 3 aromatic carbocycles. The molecule has 0 atom stereocenters. The molecule has 8 nitrogen and oxygen atoms in total. The number of sulfonamides is 1. The lowest BCUT2D eigenvalue weighted by Crippen LogP contribution is -2.14. The average molecular weight is 481 g/mol. The van der Waals surface area contributed by atoms with E-state index in [1.54, 1.807) is 24.3 Å². The van der Waals surface area contributed by atoms with Gasteiger partial charge in [-0.3, -0.25) is 9.52 Å². The van der Waals surface area contributed by atoms with E-state index in [1.165, 1.54) is 35.6 Å². The van der Waals surface area contributed by atoms with Crippen LogP contribution < -0.4 is 14.8 Å². The molecule has 0 saturated heterocycles. The topological polar surface area (TPSA) is 110 Å². The van der Waals surface area contributed by atoms with Gasteiger partial charge in [0.1, 0.15) is 16.5 Å². The molecule has 4 aromatic rings. The Kier molecular flexibility index (Phi) is 6.66. The van der Waals surface area contributed by atoms with Crippen molar-refractivity contribution in [3.63, 3.8) is 0 Å². The number of nitrogens with one attached hydrogen (secondary N) is 2. The maximum atomic E-state index is 12.5. The van der Waals surface area contributed by atoms with E-state index in [2.05, 4.69) is 20.2 Å². The van der Waals surface area contributed by atoms with Crippen LogP contribution in [-0.4, -0.2) is 24.5 Å². The monoisotopic (exact) mass is 480 g/mol. The van der Waals surface area contributed by atoms with Crippen molar-refractivity contribution in [2.45, 2.75) is 18.2 Å². The van der Waals surface area contributed by atoms with Crippen molar-refractivity contribution in [3.8, 4) is 11.5 Å². The van der Waals surface area contributed by atoms with Crippen molar-refractivity contribution in [2.75, 3.05) is 10.0 Å². The fourth-order valence-corrected chi connectivity index (χ4v) is 4.74. The standard InChI is InChI=1S/C23H20N4O4S2/c1-2-21-25-26-23(32-21)27-33(29,30)20-14-10-17(11-15-20)24-22(28)16-8-12-19(13-9-16)31-18-6-4-3-5-7-18/h3-15H,2H2,1H3,(H,24,28)(H,26,27). The molecule has 0 aliphatic rings. The number of hydrogen-bond donors (Lipinski definition) is 2. The number of amides is 1. The first-order valence-electron chi connectivity index (χ1n) is 10.0. The minimum absolute atomic E-state index is 0.0520. The lowest BCUT2D eigenvalue weighted by atomic mass is 10.2. The highest BCUT2D eigenvalue weighted by Crippen LogP contribution is 2.23. The maximum Gasteiger partial charge on any atom is 0.263 e. The van der Waals surface area contributed by atoms with Crippen LogP contribution in [0.15, 0.2) is 83.8 Å². The summed E-state index contributed by atoms with van der Waals surface area (Å²) in [5, 5.41) is 11.4. The van der Waals surface area contributed by atoms with Crippen LogP contribution >= 0.6 is 11.3 Å². The van der Waals surface area contributed by atoms with Crippen molar-refractivity contribution in [1.82, 2.24) is 10.2 Å². The van der Waals surface area contributed by atoms with Crippen molar-refractivity contribution in [1.29, 1.82) is 0 Å². The van der Waals surface area contributed by atoms with E-state index in [1.807, 2.05) is 37.3 Å². The summed E-state index contributed by atoms with van der Waals surface area (Å²) < 4.78 is 33.2. The van der Waals surface area contributed by atoms with Crippen LogP contribution in [0.2, 0.25) is 0 Å². The number of para-hydroxylation sites is 1.